The van der Waals surface area contributed by atoms with Crippen molar-refractivity contribution in [2.75, 3.05) is 18.0 Å². The Morgan fingerprint density at radius 2 is 2.10 bits per heavy atom. The highest BCUT2D eigenvalue weighted by Gasteiger charge is 2.28. The lowest BCUT2D eigenvalue weighted by Gasteiger charge is -2.34. The standard InChI is InChI=1S/C15H17BFN3/c1-16(10-18)11-5-8-20(9-6-11)15-12-4-7-19-14(12)3-2-13(15)17/h2-4,7,11,19H,5-6,8-9H2,1H3. The molecule has 1 aromatic heterocycles. The van der Waals surface area contributed by atoms with Gasteiger partial charge in [0.25, 0.3) is 6.71 Å². The van der Waals surface area contributed by atoms with Gasteiger partial charge < -0.3 is 9.88 Å². The molecule has 0 unspecified atom stereocenters. The van der Waals surface area contributed by atoms with E-state index in [2.05, 4.69) is 15.9 Å². The first-order valence-electron chi connectivity index (χ1n) is 7.11. The summed E-state index contributed by atoms with van der Waals surface area (Å²) >= 11 is 0. The van der Waals surface area contributed by atoms with Crippen molar-refractivity contribution in [3.05, 3.63) is 30.2 Å². The largest absolute Gasteiger partial charge is 0.369 e. The number of nitrogens with one attached hydrogen (secondary N) is 1. The van der Waals surface area contributed by atoms with Crippen LogP contribution in [0.5, 0.6) is 0 Å². The SMILES string of the molecule is CB(C#N)C1CCN(c2c(F)ccc3[nH]ccc23)CC1. The minimum absolute atomic E-state index is 0.0880. The molecule has 5 heteroatoms. The average Bonchev–Trinajstić information content (AvgIpc) is 2.95. The quantitative estimate of drug-likeness (QED) is 0.848. The van der Waals surface area contributed by atoms with Gasteiger partial charge in [-0.2, -0.15) is 0 Å². The van der Waals surface area contributed by atoms with Gasteiger partial charge in [-0.25, -0.2) is 9.65 Å². The molecule has 0 saturated carbocycles. The zero-order valence-corrected chi connectivity index (χ0v) is 11.6. The van der Waals surface area contributed by atoms with Gasteiger partial charge in [0.05, 0.1) is 5.69 Å². The van der Waals surface area contributed by atoms with Crippen LogP contribution in [-0.4, -0.2) is 24.8 Å². The van der Waals surface area contributed by atoms with Gasteiger partial charge >= 0.3 is 0 Å². The Hall–Kier alpha value is -1.96. The van der Waals surface area contributed by atoms with E-state index >= 15 is 0 Å². The van der Waals surface area contributed by atoms with Gasteiger partial charge in [0, 0.05) is 36.2 Å². The molecule has 20 heavy (non-hydrogen) atoms. The molecule has 1 N–H and O–H groups in total. The van der Waals surface area contributed by atoms with Crippen LogP contribution in [0.4, 0.5) is 10.1 Å². The molecule has 3 rings (SSSR count). The fourth-order valence-corrected chi connectivity index (χ4v) is 3.14. The molecular formula is C15H17BFN3. The van der Waals surface area contributed by atoms with Crippen LogP contribution in [0, 0.1) is 17.0 Å². The normalized spacial score (nSPS) is 16.4. The highest BCUT2D eigenvalue weighted by atomic mass is 19.1. The van der Waals surface area contributed by atoms with Gasteiger partial charge in [-0.1, -0.05) is 6.82 Å². The number of piperidine rings is 1. The summed E-state index contributed by atoms with van der Waals surface area (Å²) < 4.78 is 14.2. The summed E-state index contributed by atoms with van der Waals surface area (Å²) in [6.45, 7) is 3.70. The Morgan fingerprint density at radius 3 is 2.80 bits per heavy atom. The molecule has 0 aliphatic carbocycles. The summed E-state index contributed by atoms with van der Waals surface area (Å²) in [6, 6.07) is 5.23. The van der Waals surface area contributed by atoms with E-state index in [0.29, 0.717) is 11.5 Å². The van der Waals surface area contributed by atoms with E-state index < -0.39 is 0 Å². The van der Waals surface area contributed by atoms with Crippen molar-refractivity contribution in [2.24, 2.45) is 0 Å². The summed E-state index contributed by atoms with van der Waals surface area (Å²) in [6.07, 6.45) is 3.75. The fourth-order valence-electron chi connectivity index (χ4n) is 3.14. The molecule has 0 radical (unpaired) electrons. The number of anilines is 1. The number of nitrogens with zero attached hydrogens (tertiary/aromatic N) is 2. The molecular weight excluding hydrogens is 252 g/mol. The average molecular weight is 269 g/mol. The molecule has 0 amide bonds. The van der Waals surface area contributed by atoms with Gasteiger partial charge in [0.2, 0.25) is 0 Å². The number of aromatic amines is 1. The van der Waals surface area contributed by atoms with E-state index in [1.54, 1.807) is 6.07 Å². The number of hydrogen-bond donors (Lipinski definition) is 1. The number of hydrogen-bond acceptors (Lipinski definition) is 2. The highest BCUT2D eigenvalue weighted by Crippen LogP contribution is 2.34. The second-order valence-electron chi connectivity index (χ2n) is 5.58. The van der Waals surface area contributed by atoms with Gasteiger partial charge in [-0.3, -0.25) is 0 Å². The molecule has 1 aromatic carbocycles. The van der Waals surface area contributed by atoms with Crippen molar-refractivity contribution in [3.8, 4) is 5.97 Å². The third-order valence-electron chi connectivity index (χ3n) is 4.42. The summed E-state index contributed by atoms with van der Waals surface area (Å²) in [7, 11) is 0. The van der Waals surface area contributed by atoms with Crippen LogP contribution in [0.25, 0.3) is 10.9 Å². The number of nitriles is 1. The fraction of sp³-hybridized carbons (Fsp3) is 0.400. The first-order valence-corrected chi connectivity index (χ1v) is 7.11. The summed E-state index contributed by atoms with van der Waals surface area (Å²) in [5.41, 5.74) is 1.67. The van der Waals surface area contributed by atoms with Crippen LogP contribution in [0.1, 0.15) is 12.8 Å². The van der Waals surface area contributed by atoms with Crippen LogP contribution in [-0.2, 0) is 0 Å². The van der Waals surface area contributed by atoms with Gasteiger partial charge in [0.1, 0.15) is 5.82 Å². The van der Waals surface area contributed by atoms with Crippen LogP contribution < -0.4 is 4.90 Å². The van der Waals surface area contributed by atoms with E-state index in [4.69, 9.17) is 5.26 Å². The van der Waals surface area contributed by atoms with Crippen LogP contribution in [0.2, 0.25) is 12.6 Å². The van der Waals surface area contributed by atoms with Crippen LogP contribution >= 0.6 is 0 Å². The summed E-state index contributed by atoms with van der Waals surface area (Å²) in [5, 5.41) is 9.94. The van der Waals surface area contributed by atoms with Crippen molar-refractivity contribution in [1.29, 1.82) is 5.26 Å². The molecule has 1 aliphatic rings. The van der Waals surface area contributed by atoms with Crippen LogP contribution in [0.15, 0.2) is 24.4 Å². The number of halogens is 1. The number of H-pyrrole nitrogens is 1. The van der Waals surface area contributed by atoms with E-state index in [-0.39, 0.29) is 12.5 Å². The van der Waals surface area contributed by atoms with E-state index in [9.17, 15) is 4.39 Å². The Balaban J connectivity index is 1.85. The molecule has 3 nitrogen and oxygen atoms in total. The Bertz CT molecular complexity index is 653. The maximum absolute atomic E-state index is 14.2. The zero-order chi connectivity index (χ0) is 14.1. The van der Waals surface area contributed by atoms with Crippen molar-refractivity contribution in [3.63, 3.8) is 0 Å². The van der Waals surface area contributed by atoms with Crippen LogP contribution in [0.3, 0.4) is 0 Å². The van der Waals surface area contributed by atoms with Crippen molar-refractivity contribution in [2.45, 2.75) is 25.5 Å². The molecule has 0 atom stereocenters. The number of rotatable bonds is 2. The topological polar surface area (TPSA) is 42.8 Å². The third kappa shape index (κ3) is 2.16. The minimum atomic E-state index is -0.163. The monoisotopic (exact) mass is 269 g/mol. The maximum Gasteiger partial charge on any atom is 0.268 e. The van der Waals surface area contributed by atoms with Crippen molar-refractivity contribution >= 4 is 23.3 Å². The molecule has 102 valence electrons. The molecule has 0 bridgehead atoms. The molecule has 2 aromatic rings. The second-order valence-corrected chi connectivity index (χ2v) is 5.58. The first-order chi connectivity index (χ1) is 9.70. The summed E-state index contributed by atoms with van der Waals surface area (Å²) in [5.74, 6) is 2.60. The smallest absolute Gasteiger partial charge is 0.268 e. The van der Waals surface area contributed by atoms with Crippen molar-refractivity contribution in [1.82, 2.24) is 4.98 Å². The Morgan fingerprint density at radius 1 is 1.35 bits per heavy atom. The molecule has 0 spiro atoms. The van der Waals surface area contributed by atoms with Gasteiger partial charge in [0.15, 0.2) is 0 Å². The van der Waals surface area contributed by atoms with E-state index in [1.165, 1.54) is 6.07 Å². The highest BCUT2D eigenvalue weighted by molar-refractivity contribution is 6.67. The lowest BCUT2D eigenvalue weighted by molar-refractivity contribution is 0.554. The predicted octanol–water partition coefficient (Wildman–Crippen LogP) is 3.46. The van der Waals surface area contributed by atoms with Crippen molar-refractivity contribution < 1.29 is 4.39 Å². The number of benzene rings is 1. The lowest BCUT2D eigenvalue weighted by atomic mass is 9.42. The molecule has 1 saturated heterocycles. The Kier molecular flexibility index (Phi) is 3.39. The first kappa shape index (κ1) is 13.0. The Labute approximate surface area is 118 Å². The zero-order valence-electron chi connectivity index (χ0n) is 11.6. The molecule has 2 heterocycles. The summed E-state index contributed by atoms with van der Waals surface area (Å²) in [4.78, 5) is 5.24. The lowest BCUT2D eigenvalue weighted by Crippen LogP contribution is -2.36. The maximum atomic E-state index is 14.2. The van der Waals surface area contributed by atoms with Gasteiger partial charge in [-0.15, -0.1) is 0 Å². The third-order valence-corrected chi connectivity index (χ3v) is 4.42. The molecule has 1 fully saturated rings. The van der Waals surface area contributed by atoms with E-state index in [1.807, 2.05) is 19.1 Å². The number of fused-ring (bicyclic) bond motifs is 1. The second kappa shape index (κ2) is 5.20. The van der Waals surface area contributed by atoms with Gasteiger partial charge in [-0.05, 0) is 36.9 Å². The number of aromatic nitrogens is 1. The van der Waals surface area contributed by atoms with E-state index in [0.717, 1.165) is 36.8 Å². The predicted molar refractivity (Wildman–Crippen MR) is 80.7 cm³/mol. The minimum Gasteiger partial charge on any atom is -0.369 e. The molecule has 1 aliphatic heterocycles.